The van der Waals surface area contributed by atoms with E-state index in [1.165, 1.54) is 12.1 Å². The summed E-state index contributed by atoms with van der Waals surface area (Å²) in [4.78, 5) is 29.1. The van der Waals surface area contributed by atoms with Crippen molar-refractivity contribution in [3.63, 3.8) is 0 Å². The second-order valence-electron chi connectivity index (χ2n) is 8.08. The Morgan fingerprint density at radius 3 is 2.37 bits per heavy atom. The normalized spacial score (nSPS) is 19.8. The van der Waals surface area contributed by atoms with Gasteiger partial charge in [-0.05, 0) is 51.8 Å². The molecule has 1 saturated heterocycles. The molecule has 0 aromatic heterocycles. The number of hydrogen-bond donors (Lipinski definition) is 4. The van der Waals surface area contributed by atoms with Gasteiger partial charge in [0.1, 0.15) is 10.5 Å². The summed E-state index contributed by atoms with van der Waals surface area (Å²) < 4.78 is 29.8. The number of rotatable bonds is 4. The van der Waals surface area contributed by atoms with Crippen LogP contribution in [0.25, 0.3) is 0 Å². The zero-order chi connectivity index (χ0) is 22.9. The zero-order valence-corrected chi connectivity index (χ0v) is 18.0. The maximum Gasteiger partial charge on any atom is 0.309 e. The number of esters is 1. The number of carbonyl (C=O) groups excluding carboxylic acids is 2. The number of anilines is 1. The number of primary sulfonamides is 1. The lowest BCUT2D eigenvalue weighted by atomic mass is 9.94. The van der Waals surface area contributed by atoms with Crippen LogP contribution in [0.15, 0.2) is 28.1 Å². The first kappa shape index (κ1) is 23.6. The number of aliphatic imine (C=N–C) groups is 1. The van der Waals surface area contributed by atoms with Gasteiger partial charge in [-0.1, -0.05) is 0 Å². The molecule has 0 aliphatic carbocycles. The number of carbonyl (C=O) groups is 2. The maximum absolute atomic E-state index is 12.4. The molecule has 11 nitrogen and oxygen atoms in total. The molecule has 1 aliphatic heterocycles. The zero-order valence-electron chi connectivity index (χ0n) is 17.2. The first-order valence-electron chi connectivity index (χ1n) is 9.25. The Morgan fingerprint density at radius 1 is 1.23 bits per heavy atom. The number of sulfonamides is 1. The van der Waals surface area contributed by atoms with Crippen LogP contribution in [0, 0.1) is 5.92 Å². The molecule has 1 fully saturated rings. The molecule has 0 spiro atoms. The van der Waals surface area contributed by atoms with Crippen LogP contribution < -0.4 is 27.2 Å². The van der Waals surface area contributed by atoms with Crippen LogP contribution in [0.4, 0.5) is 5.69 Å². The molecule has 2 atom stereocenters. The summed E-state index contributed by atoms with van der Waals surface area (Å²) in [6.45, 7) is 5.64. The fourth-order valence-corrected chi connectivity index (χ4v) is 3.96. The molecule has 2 rings (SSSR count). The van der Waals surface area contributed by atoms with Crippen molar-refractivity contribution in [3.8, 4) is 0 Å². The fraction of sp³-hybridized carbons (Fsp3) is 0.500. The third-order valence-electron chi connectivity index (χ3n) is 4.44. The Hall–Kier alpha value is -2.70. The highest BCUT2D eigenvalue weighted by Crippen LogP contribution is 2.32. The average Bonchev–Trinajstić information content (AvgIpc) is 2.58. The van der Waals surface area contributed by atoms with Crippen molar-refractivity contribution >= 4 is 33.5 Å². The highest BCUT2D eigenvalue weighted by Gasteiger charge is 2.35. The Kier molecular flexibility index (Phi) is 6.74. The third kappa shape index (κ3) is 5.90. The lowest BCUT2D eigenvalue weighted by Gasteiger charge is -2.39. The Morgan fingerprint density at radius 2 is 1.87 bits per heavy atom. The standard InChI is InChI=1S/C18H28N6O5S/c1-18(2,3)29-16(26)11-6-7-24(14(19)9-11)12-5-4-10(15(25)23-17(20)21)8-13(12)30(22,27)28/h4-5,8,11,14H,6-7,9,19H2,1-3H3,(H2,22,27,28)(H4,20,21,23,25). The summed E-state index contributed by atoms with van der Waals surface area (Å²) in [5, 5.41) is 5.36. The molecule has 0 bridgehead atoms. The third-order valence-corrected chi connectivity index (χ3v) is 5.38. The number of amides is 1. The van der Waals surface area contributed by atoms with Crippen LogP contribution in [-0.4, -0.2) is 44.6 Å². The molecule has 1 heterocycles. The van der Waals surface area contributed by atoms with E-state index in [0.29, 0.717) is 13.0 Å². The van der Waals surface area contributed by atoms with Crippen molar-refractivity contribution in [2.45, 2.75) is 50.3 Å². The summed E-state index contributed by atoms with van der Waals surface area (Å²) in [6, 6.07) is 3.90. The van der Waals surface area contributed by atoms with Crippen LogP contribution in [0.1, 0.15) is 44.0 Å². The first-order chi connectivity index (χ1) is 13.7. The highest BCUT2D eigenvalue weighted by molar-refractivity contribution is 7.89. The number of guanidine groups is 1. The van der Waals surface area contributed by atoms with Gasteiger partial charge in [-0.3, -0.25) is 9.59 Å². The molecule has 1 aromatic rings. The number of nitrogens with zero attached hydrogens (tertiary/aromatic N) is 2. The molecule has 30 heavy (non-hydrogen) atoms. The number of hydrogen-bond acceptors (Lipinski definition) is 7. The van der Waals surface area contributed by atoms with E-state index in [2.05, 4.69) is 4.99 Å². The predicted octanol–water partition coefficient (Wildman–Crippen LogP) is -0.409. The van der Waals surface area contributed by atoms with Crippen LogP contribution in [0.2, 0.25) is 0 Å². The van der Waals surface area contributed by atoms with Crippen molar-refractivity contribution in [2.75, 3.05) is 11.4 Å². The van der Waals surface area contributed by atoms with E-state index in [0.717, 1.165) is 6.07 Å². The van der Waals surface area contributed by atoms with Gasteiger partial charge in [0.2, 0.25) is 10.0 Å². The fourth-order valence-electron chi connectivity index (χ4n) is 3.19. The van der Waals surface area contributed by atoms with Gasteiger partial charge in [-0.15, -0.1) is 0 Å². The van der Waals surface area contributed by atoms with Crippen LogP contribution >= 0.6 is 0 Å². The molecule has 1 aliphatic rings. The minimum Gasteiger partial charge on any atom is -0.460 e. The summed E-state index contributed by atoms with van der Waals surface area (Å²) in [5.74, 6) is -2.01. The highest BCUT2D eigenvalue weighted by atomic mass is 32.2. The molecular weight excluding hydrogens is 412 g/mol. The molecular formula is C18H28N6O5S. The van der Waals surface area contributed by atoms with E-state index < -0.39 is 39.6 Å². The van der Waals surface area contributed by atoms with Gasteiger partial charge in [-0.25, -0.2) is 13.6 Å². The van der Waals surface area contributed by atoms with Gasteiger partial charge >= 0.3 is 5.97 Å². The minimum atomic E-state index is -4.20. The molecule has 1 aromatic carbocycles. The second kappa shape index (κ2) is 8.58. The molecule has 166 valence electrons. The number of piperidine rings is 1. The SMILES string of the molecule is CC(C)(C)OC(=O)C1CCN(c2ccc(C(=O)N=C(N)N)cc2S(N)(=O)=O)C(N)C1. The van der Waals surface area contributed by atoms with Crippen LogP contribution in [0.5, 0.6) is 0 Å². The van der Waals surface area contributed by atoms with Crippen molar-refractivity contribution in [1.29, 1.82) is 0 Å². The second-order valence-corrected chi connectivity index (χ2v) is 9.61. The topological polar surface area (TPSA) is 197 Å². The van der Waals surface area contributed by atoms with Gasteiger partial charge in [0.25, 0.3) is 5.91 Å². The summed E-state index contributed by atoms with van der Waals surface area (Å²) >= 11 is 0. The Balaban J connectivity index is 2.32. The van der Waals surface area contributed by atoms with Gasteiger partial charge in [0, 0.05) is 12.1 Å². The van der Waals surface area contributed by atoms with Crippen molar-refractivity contribution in [1.82, 2.24) is 0 Å². The largest absolute Gasteiger partial charge is 0.460 e. The van der Waals surface area contributed by atoms with E-state index in [9.17, 15) is 18.0 Å². The molecule has 8 N–H and O–H groups in total. The van der Waals surface area contributed by atoms with E-state index in [1.54, 1.807) is 25.7 Å². The van der Waals surface area contributed by atoms with E-state index in [4.69, 9.17) is 27.1 Å². The monoisotopic (exact) mass is 440 g/mol. The van der Waals surface area contributed by atoms with Crippen LogP contribution in [-0.2, 0) is 19.6 Å². The summed E-state index contributed by atoms with van der Waals surface area (Å²) in [7, 11) is -4.20. The summed E-state index contributed by atoms with van der Waals surface area (Å²) in [6.07, 6.45) is 0.0330. The number of nitrogens with two attached hydrogens (primary N) is 4. The van der Waals surface area contributed by atoms with Crippen LogP contribution in [0.3, 0.4) is 0 Å². The van der Waals surface area contributed by atoms with Gasteiger partial charge < -0.3 is 26.8 Å². The van der Waals surface area contributed by atoms with Crippen molar-refractivity contribution in [2.24, 2.45) is 33.3 Å². The van der Waals surface area contributed by atoms with Crippen molar-refractivity contribution < 1.29 is 22.7 Å². The minimum absolute atomic E-state index is 0.0478. The summed E-state index contributed by atoms with van der Waals surface area (Å²) in [5.41, 5.74) is 16.2. The lowest BCUT2D eigenvalue weighted by Crippen LogP contribution is -2.50. The average molecular weight is 441 g/mol. The van der Waals surface area contributed by atoms with E-state index in [-0.39, 0.29) is 28.5 Å². The van der Waals surface area contributed by atoms with E-state index in [1.807, 2.05) is 0 Å². The number of benzene rings is 1. The van der Waals surface area contributed by atoms with Crippen molar-refractivity contribution in [3.05, 3.63) is 23.8 Å². The molecule has 0 radical (unpaired) electrons. The quantitative estimate of drug-likeness (QED) is 0.273. The first-order valence-corrected chi connectivity index (χ1v) is 10.8. The number of ether oxygens (including phenoxy) is 1. The van der Waals surface area contributed by atoms with Gasteiger partial charge in [-0.2, -0.15) is 4.99 Å². The smallest absolute Gasteiger partial charge is 0.309 e. The predicted molar refractivity (Wildman–Crippen MR) is 112 cm³/mol. The molecule has 1 amide bonds. The van der Waals surface area contributed by atoms with Gasteiger partial charge in [0.15, 0.2) is 5.96 Å². The van der Waals surface area contributed by atoms with Gasteiger partial charge in [0.05, 0.1) is 17.8 Å². The van der Waals surface area contributed by atoms with E-state index >= 15 is 0 Å². The molecule has 0 saturated carbocycles. The Labute approximate surface area is 175 Å². The lowest BCUT2D eigenvalue weighted by molar-refractivity contribution is -0.161. The molecule has 2 unspecified atom stereocenters. The Bertz CT molecular complexity index is 966. The maximum atomic E-state index is 12.4. The molecule has 12 heteroatoms.